The molecule has 0 aliphatic carbocycles. The molecule has 200 valence electrons. The molecule has 0 heterocycles. The molecule has 6 nitrogen and oxygen atoms in total. The van der Waals surface area contributed by atoms with Gasteiger partial charge in [-0.2, -0.15) is 0 Å². The largest absolute Gasteiger partial charge is 0.445 e. The van der Waals surface area contributed by atoms with E-state index in [-0.39, 0.29) is 12.7 Å². The predicted octanol–water partition coefficient (Wildman–Crippen LogP) is 6.62. The number of carbonyl (C=O) groups is 1. The molecule has 1 amide bonds. The number of nitrogens with zero attached hydrogens (tertiary/aromatic N) is 1. The average Bonchev–Trinajstić information content (AvgIpc) is 2.91. The van der Waals surface area contributed by atoms with Gasteiger partial charge in [0.15, 0.2) is 6.29 Å². The van der Waals surface area contributed by atoms with Crippen LogP contribution in [-0.4, -0.2) is 56.8 Å². The third-order valence-corrected chi connectivity index (χ3v) is 5.85. The van der Waals surface area contributed by atoms with E-state index in [1.807, 2.05) is 44.2 Å². The van der Waals surface area contributed by atoms with E-state index in [1.165, 1.54) is 5.56 Å². The summed E-state index contributed by atoms with van der Waals surface area (Å²) < 4.78 is 22.7. The van der Waals surface area contributed by atoms with Gasteiger partial charge >= 0.3 is 6.09 Å². The van der Waals surface area contributed by atoms with Crippen molar-refractivity contribution < 1.29 is 23.7 Å². The number of amides is 1. The number of aryl methyl sites for hydroxylation is 1. The van der Waals surface area contributed by atoms with Crippen molar-refractivity contribution in [3.05, 3.63) is 71.8 Å². The lowest BCUT2D eigenvalue weighted by molar-refractivity contribution is -0.145. The lowest BCUT2D eigenvalue weighted by Crippen LogP contribution is -2.40. The number of rotatable bonds is 20. The molecule has 2 aromatic carbocycles. The van der Waals surface area contributed by atoms with Gasteiger partial charge in [-0.05, 0) is 57.1 Å². The van der Waals surface area contributed by atoms with Crippen LogP contribution in [-0.2, 0) is 32.0 Å². The summed E-state index contributed by atoms with van der Waals surface area (Å²) in [5.74, 6) is 0. The van der Waals surface area contributed by atoms with E-state index in [4.69, 9.17) is 18.9 Å². The van der Waals surface area contributed by atoms with Crippen molar-refractivity contribution in [2.75, 3.05) is 39.5 Å². The van der Waals surface area contributed by atoms with E-state index in [2.05, 4.69) is 30.3 Å². The molecule has 0 aromatic heterocycles. The Morgan fingerprint density at radius 1 is 0.750 bits per heavy atom. The standard InChI is InChI=1S/C30H45NO5/c1-3-34-29(35-4-2)25-31(30(32)36-26-28-20-11-8-12-21-28)22-14-5-6-15-23-33-24-16-13-19-27-17-9-7-10-18-27/h7-12,17-18,20-21,29H,3-6,13-16,19,22-26H2,1-2H3. The Bertz CT molecular complexity index is 780. The number of unbranched alkanes of at least 4 members (excludes halogenated alkanes) is 4. The second kappa shape index (κ2) is 19.7. The minimum Gasteiger partial charge on any atom is -0.445 e. The summed E-state index contributed by atoms with van der Waals surface area (Å²) in [6.45, 7) is 7.77. The Morgan fingerprint density at radius 3 is 1.97 bits per heavy atom. The summed E-state index contributed by atoms with van der Waals surface area (Å²) in [6.07, 6.45) is 6.65. The molecule has 0 fully saturated rings. The molecule has 6 heteroatoms. The predicted molar refractivity (Wildman–Crippen MR) is 144 cm³/mol. The maximum Gasteiger partial charge on any atom is 0.410 e. The molecule has 0 radical (unpaired) electrons. The molecule has 0 saturated heterocycles. The molecule has 0 aliphatic rings. The van der Waals surface area contributed by atoms with Gasteiger partial charge in [-0.3, -0.25) is 0 Å². The van der Waals surface area contributed by atoms with Crippen LogP contribution in [0.1, 0.15) is 63.5 Å². The number of hydrogen-bond donors (Lipinski definition) is 0. The summed E-state index contributed by atoms with van der Waals surface area (Å²) in [6, 6.07) is 20.3. The Kier molecular flexibility index (Phi) is 16.4. The molecule has 0 aliphatic heterocycles. The zero-order valence-electron chi connectivity index (χ0n) is 22.2. The van der Waals surface area contributed by atoms with Crippen LogP contribution < -0.4 is 0 Å². The van der Waals surface area contributed by atoms with E-state index in [1.54, 1.807) is 4.90 Å². The maximum atomic E-state index is 12.8. The third kappa shape index (κ3) is 13.6. The number of carbonyl (C=O) groups excluding carboxylic acids is 1. The first kappa shape index (κ1) is 29.8. The molecular weight excluding hydrogens is 454 g/mol. The van der Waals surface area contributed by atoms with Crippen LogP contribution in [0.25, 0.3) is 0 Å². The summed E-state index contributed by atoms with van der Waals surface area (Å²) in [4.78, 5) is 14.5. The molecule has 36 heavy (non-hydrogen) atoms. The molecule has 0 atom stereocenters. The molecule has 2 aromatic rings. The molecular formula is C30H45NO5. The van der Waals surface area contributed by atoms with Crippen molar-refractivity contribution in [1.29, 1.82) is 0 Å². The van der Waals surface area contributed by atoms with Crippen LogP contribution in [0.3, 0.4) is 0 Å². The highest BCUT2D eigenvalue weighted by Crippen LogP contribution is 2.10. The smallest absolute Gasteiger partial charge is 0.410 e. The first-order valence-corrected chi connectivity index (χ1v) is 13.5. The van der Waals surface area contributed by atoms with E-state index >= 15 is 0 Å². The highest BCUT2D eigenvalue weighted by atomic mass is 16.7. The van der Waals surface area contributed by atoms with Crippen molar-refractivity contribution in [1.82, 2.24) is 4.90 Å². The molecule has 0 bridgehead atoms. The number of ether oxygens (including phenoxy) is 4. The van der Waals surface area contributed by atoms with Crippen LogP contribution in [0.2, 0.25) is 0 Å². The monoisotopic (exact) mass is 499 g/mol. The first-order valence-electron chi connectivity index (χ1n) is 13.5. The molecule has 0 N–H and O–H groups in total. The fourth-order valence-electron chi connectivity index (χ4n) is 3.91. The Balaban J connectivity index is 1.61. The highest BCUT2D eigenvalue weighted by molar-refractivity contribution is 5.67. The van der Waals surface area contributed by atoms with Gasteiger partial charge in [0.05, 0.1) is 6.54 Å². The Morgan fingerprint density at radius 2 is 1.33 bits per heavy atom. The first-order chi connectivity index (χ1) is 17.7. The van der Waals surface area contributed by atoms with Crippen LogP contribution >= 0.6 is 0 Å². The quantitative estimate of drug-likeness (QED) is 0.151. The van der Waals surface area contributed by atoms with Crippen molar-refractivity contribution in [2.45, 2.75) is 71.7 Å². The molecule has 0 unspecified atom stereocenters. The fourth-order valence-corrected chi connectivity index (χ4v) is 3.91. The second-order valence-electron chi connectivity index (χ2n) is 8.80. The van der Waals surface area contributed by atoms with Gasteiger partial charge in [-0.25, -0.2) is 4.79 Å². The van der Waals surface area contributed by atoms with Crippen molar-refractivity contribution in [2.24, 2.45) is 0 Å². The summed E-state index contributed by atoms with van der Waals surface area (Å²) in [5, 5.41) is 0. The summed E-state index contributed by atoms with van der Waals surface area (Å²) in [5.41, 5.74) is 2.36. The summed E-state index contributed by atoms with van der Waals surface area (Å²) >= 11 is 0. The van der Waals surface area contributed by atoms with Crippen LogP contribution in [0, 0.1) is 0 Å². The molecule has 2 rings (SSSR count). The van der Waals surface area contributed by atoms with Gasteiger partial charge in [0.25, 0.3) is 0 Å². The van der Waals surface area contributed by atoms with Gasteiger partial charge < -0.3 is 23.8 Å². The number of hydrogen-bond acceptors (Lipinski definition) is 5. The van der Waals surface area contributed by atoms with E-state index < -0.39 is 6.29 Å². The van der Waals surface area contributed by atoms with E-state index in [9.17, 15) is 4.79 Å². The van der Waals surface area contributed by atoms with E-state index in [0.29, 0.717) is 26.3 Å². The maximum absolute atomic E-state index is 12.8. The zero-order valence-corrected chi connectivity index (χ0v) is 22.2. The third-order valence-electron chi connectivity index (χ3n) is 5.85. The lowest BCUT2D eigenvalue weighted by atomic mass is 10.1. The SMILES string of the molecule is CCOC(CN(CCCCCCOCCCCc1ccccc1)C(=O)OCc1ccccc1)OCC. The van der Waals surface area contributed by atoms with Crippen LogP contribution in [0.4, 0.5) is 4.79 Å². The van der Waals surface area contributed by atoms with E-state index in [0.717, 1.165) is 63.7 Å². The number of benzene rings is 2. The van der Waals surface area contributed by atoms with Crippen LogP contribution in [0.15, 0.2) is 60.7 Å². The minimum atomic E-state index is -0.445. The van der Waals surface area contributed by atoms with Gasteiger partial charge in [0.1, 0.15) is 6.61 Å². The fraction of sp³-hybridized carbons (Fsp3) is 0.567. The van der Waals surface area contributed by atoms with Gasteiger partial charge in [0.2, 0.25) is 0 Å². The zero-order chi connectivity index (χ0) is 25.7. The lowest BCUT2D eigenvalue weighted by Gasteiger charge is -2.27. The van der Waals surface area contributed by atoms with Crippen molar-refractivity contribution in [3.8, 4) is 0 Å². The van der Waals surface area contributed by atoms with Gasteiger partial charge in [-0.15, -0.1) is 0 Å². The molecule has 0 spiro atoms. The Labute approximate surface area is 217 Å². The van der Waals surface area contributed by atoms with Gasteiger partial charge in [-0.1, -0.05) is 73.5 Å². The average molecular weight is 500 g/mol. The van der Waals surface area contributed by atoms with Crippen molar-refractivity contribution in [3.63, 3.8) is 0 Å². The topological polar surface area (TPSA) is 57.2 Å². The molecule has 0 saturated carbocycles. The normalized spacial score (nSPS) is 11.1. The second-order valence-corrected chi connectivity index (χ2v) is 8.80. The highest BCUT2D eigenvalue weighted by Gasteiger charge is 2.20. The van der Waals surface area contributed by atoms with Gasteiger partial charge in [0, 0.05) is 33.0 Å². The summed E-state index contributed by atoms with van der Waals surface area (Å²) in [7, 11) is 0. The van der Waals surface area contributed by atoms with Crippen molar-refractivity contribution >= 4 is 6.09 Å². The minimum absolute atomic E-state index is 0.257. The van der Waals surface area contributed by atoms with Crippen LogP contribution in [0.5, 0.6) is 0 Å². The Hall–Kier alpha value is -2.41.